The standard InChI is InChI=1S/C24H21ClF3N9O2/c1-12-8-13(2)19(16(9-12)21(38)30-14-5-6-14)31-22(39)18-10-15(11-36-34-23(32-35-36)24(26,27)28)33-37(18)20-17(25)4-3-7-29-20/h3-4,7-10,14H,5-6,11H2,1-2H3,(H,30,38)(H,31,39). The van der Waals surface area contributed by atoms with E-state index in [0.717, 1.165) is 18.4 Å². The molecule has 1 fully saturated rings. The lowest BCUT2D eigenvalue weighted by atomic mass is 10.0. The number of anilines is 1. The van der Waals surface area contributed by atoms with Crippen LogP contribution in [0, 0.1) is 13.8 Å². The van der Waals surface area contributed by atoms with Crippen molar-refractivity contribution >= 4 is 29.1 Å². The van der Waals surface area contributed by atoms with E-state index in [1.54, 1.807) is 25.1 Å². The van der Waals surface area contributed by atoms with Crippen molar-refractivity contribution in [1.82, 2.24) is 40.3 Å². The number of rotatable bonds is 7. The molecular weight excluding hydrogens is 539 g/mol. The second kappa shape index (κ2) is 10.1. The Bertz CT molecular complexity index is 1580. The first kappa shape index (κ1) is 26.3. The smallest absolute Gasteiger partial charge is 0.349 e. The summed E-state index contributed by atoms with van der Waals surface area (Å²) in [5, 5.41) is 20.0. The van der Waals surface area contributed by atoms with Gasteiger partial charge >= 0.3 is 6.18 Å². The number of benzene rings is 1. The van der Waals surface area contributed by atoms with Crippen molar-refractivity contribution in [3.8, 4) is 5.82 Å². The largest absolute Gasteiger partial charge is 0.455 e. The summed E-state index contributed by atoms with van der Waals surface area (Å²) in [4.78, 5) is 31.4. The minimum Gasteiger partial charge on any atom is -0.349 e. The van der Waals surface area contributed by atoms with Crippen LogP contribution in [-0.2, 0) is 12.7 Å². The van der Waals surface area contributed by atoms with Crippen molar-refractivity contribution < 1.29 is 22.8 Å². The number of hydrogen-bond donors (Lipinski definition) is 2. The number of alkyl halides is 3. The van der Waals surface area contributed by atoms with Gasteiger partial charge in [-0.2, -0.15) is 23.1 Å². The van der Waals surface area contributed by atoms with Crippen LogP contribution >= 0.6 is 11.6 Å². The summed E-state index contributed by atoms with van der Waals surface area (Å²) < 4.78 is 39.9. The van der Waals surface area contributed by atoms with E-state index in [1.165, 1.54) is 16.9 Å². The highest BCUT2D eigenvalue weighted by atomic mass is 35.5. The molecule has 1 saturated carbocycles. The lowest BCUT2D eigenvalue weighted by Crippen LogP contribution is -2.28. The van der Waals surface area contributed by atoms with Gasteiger partial charge in [0.05, 0.1) is 22.0 Å². The first-order valence-electron chi connectivity index (χ1n) is 11.8. The van der Waals surface area contributed by atoms with Crippen LogP contribution in [0.2, 0.25) is 5.02 Å². The molecule has 4 aromatic rings. The summed E-state index contributed by atoms with van der Waals surface area (Å²) in [5.41, 5.74) is 2.24. The predicted molar refractivity (Wildman–Crippen MR) is 133 cm³/mol. The van der Waals surface area contributed by atoms with Crippen LogP contribution in [0.25, 0.3) is 5.82 Å². The van der Waals surface area contributed by atoms with Gasteiger partial charge in [0.1, 0.15) is 12.2 Å². The summed E-state index contributed by atoms with van der Waals surface area (Å²) in [6, 6.07) is 8.12. The fourth-order valence-electron chi connectivity index (χ4n) is 3.91. The quantitative estimate of drug-likeness (QED) is 0.352. The Kier molecular flexibility index (Phi) is 6.80. The number of hydrogen-bond acceptors (Lipinski definition) is 7. The number of carbonyl (C=O) groups is 2. The highest BCUT2D eigenvalue weighted by Gasteiger charge is 2.37. The van der Waals surface area contributed by atoms with Crippen LogP contribution in [0.5, 0.6) is 0 Å². The van der Waals surface area contributed by atoms with Crippen molar-refractivity contribution in [2.24, 2.45) is 0 Å². The zero-order valence-corrected chi connectivity index (χ0v) is 21.4. The van der Waals surface area contributed by atoms with Gasteiger partial charge in [-0.1, -0.05) is 17.7 Å². The van der Waals surface area contributed by atoms with Crippen LogP contribution < -0.4 is 10.6 Å². The molecule has 0 bridgehead atoms. The van der Waals surface area contributed by atoms with Crippen LogP contribution in [0.3, 0.4) is 0 Å². The minimum atomic E-state index is -4.76. The summed E-state index contributed by atoms with van der Waals surface area (Å²) in [6.45, 7) is 3.29. The predicted octanol–water partition coefficient (Wildman–Crippen LogP) is 3.74. The number of aryl methyl sites for hydroxylation is 2. The van der Waals surface area contributed by atoms with Gasteiger partial charge in [0.2, 0.25) is 0 Å². The fourth-order valence-corrected chi connectivity index (χ4v) is 4.11. The average molecular weight is 560 g/mol. The minimum absolute atomic E-state index is 0.0321. The van der Waals surface area contributed by atoms with Crippen molar-refractivity contribution in [3.63, 3.8) is 0 Å². The molecule has 3 heterocycles. The molecule has 202 valence electrons. The maximum Gasteiger partial charge on any atom is 0.455 e. The van der Waals surface area contributed by atoms with Crippen LogP contribution in [0.4, 0.5) is 18.9 Å². The molecule has 3 aromatic heterocycles. The van der Waals surface area contributed by atoms with Crippen LogP contribution in [0.15, 0.2) is 36.5 Å². The Morgan fingerprint density at radius 2 is 1.90 bits per heavy atom. The molecule has 2 N–H and O–H groups in total. The lowest BCUT2D eigenvalue weighted by Gasteiger charge is -2.16. The van der Waals surface area contributed by atoms with Crippen LogP contribution in [0.1, 0.15) is 56.3 Å². The third kappa shape index (κ3) is 5.74. The highest BCUT2D eigenvalue weighted by molar-refractivity contribution is 6.32. The number of nitrogens with zero attached hydrogens (tertiary/aromatic N) is 7. The number of pyridine rings is 1. The summed E-state index contributed by atoms with van der Waals surface area (Å²) in [5.74, 6) is -2.24. The number of amides is 2. The molecule has 0 saturated heterocycles. The van der Waals surface area contributed by atoms with E-state index in [-0.39, 0.29) is 40.7 Å². The third-order valence-corrected chi connectivity index (χ3v) is 6.11. The van der Waals surface area contributed by atoms with E-state index >= 15 is 0 Å². The molecular formula is C24H21ClF3N9O2. The molecule has 2 amide bonds. The third-order valence-electron chi connectivity index (χ3n) is 5.82. The molecule has 11 nitrogen and oxygen atoms in total. The highest BCUT2D eigenvalue weighted by Crippen LogP contribution is 2.28. The Hall–Kier alpha value is -4.33. The number of halogens is 4. The summed E-state index contributed by atoms with van der Waals surface area (Å²) in [6.07, 6.45) is -1.52. The maximum atomic E-state index is 13.6. The molecule has 0 atom stereocenters. The monoisotopic (exact) mass is 559 g/mol. The lowest BCUT2D eigenvalue weighted by molar-refractivity contribution is -0.145. The molecule has 0 unspecified atom stereocenters. The van der Waals surface area contributed by atoms with E-state index in [1.807, 2.05) is 13.0 Å². The van der Waals surface area contributed by atoms with Gasteiger partial charge in [-0.15, -0.1) is 10.2 Å². The number of nitrogens with one attached hydrogen (secondary N) is 2. The maximum absolute atomic E-state index is 13.6. The molecule has 0 aliphatic heterocycles. The Labute approximate surface area is 224 Å². The SMILES string of the molecule is Cc1cc(C)c(NC(=O)c2cc(Cn3nnc(C(F)(F)F)n3)nn2-c2ncccc2Cl)c(C(=O)NC2CC2)c1. The molecule has 5 rings (SSSR count). The molecule has 15 heteroatoms. The first-order valence-corrected chi connectivity index (χ1v) is 12.2. The van der Waals surface area contributed by atoms with Gasteiger partial charge in [-0.05, 0) is 67.3 Å². The zero-order chi connectivity index (χ0) is 27.9. The average Bonchev–Trinajstić information content (AvgIpc) is 3.37. The Morgan fingerprint density at radius 1 is 1.13 bits per heavy atom. The van der Waals surface area contributed by atoms with E-state index < -0.39 is 17.9 Å². The number of carbonyl (C=O) groups excluding carboxylic acids is 2. The van der Waals surface area contributed by atoms with E-state index in [4.69, 9.17) is 11.6 Å². The van der Waals surface area contributed by atoms with Crippen molar-refractivity contribution in [3.05, 3.63) is 75.5 Å². The summed E-state index contributed by atoms with van der Waals surface area (Å²) in [7, 11) is 0. The van der Waals surface area contributed by atoms with Gasteiger partial charge in [0, 0.05) is 12.2 Å². The molecule has 0 radical (unpaired) electrons. The van der Waals surface area contributed by atoms with Gasteiger partial charge in [-0.3, -0.25) is 9.59 Å². The van der Waals surface area contributed by atoms with Gasteiger partial charge in [0.25, 0.3) is 17.6 Å². The van der Waals surface area contributed by atoms with E-state index in [2.05, 4.69) is 36.1 Å². The second-order valence-electron chi connectivity index (χ2n) is 9.09. The zero-order valence-electron chi connectivity index (χ0n) is 20.6. The van der Waals surface area contributed by atoms with Crippen LogP contribution in [-0.4, -0.2) is 52.8 Å². The summed E-state index contributed by atoms with van der Waals surface area (Å²) >= 11 is 6.31. The van der Waals surface area contributed by atoms with E-state index in [0.29, 0.717) is 21.6 Å². The number of tetrazole rings is 1. The van der Waals surface area contributed by atoms with Crippen molar-refractivity contribution in [2.45, 2.75) is 45.5 Å². The first-order chi connectivity index (χ1) is 18.5. The second-order valence-corrected chi connectivity index (χ2v) is 9.50. The Morgan fingerprint density at radius 3 is 2.56 bits per heavy atom. The van der Waals surface area contributed by atoms with Crippen molar-refractivity contribution in [1.29, 1.82) is 0 Å². The molecule has 39 heavy (non-hydrogen) atoms. The van der Waals surface area contributed by atoms with Crippen molar-refractivity contribution in [2.75, 3.05) is 5.32 Å². The molecule has 1 aliphatic rings. The molecule has 1 aliphatic carbocycles. The normalized spacial score (nSPS) is 13.4. The molecule has 1 aromatic carbocycles. The van der Waals surface area contributed by atoms with Gasteiger partial charge in [0.15, 0.2) is 5.82 Å². The van der Waals surface area contributed by atoms with E-state index in [9.17, 15) is 22.8 Å². The molecule has 0 spiro atoms. The van der Waals surface area contributed by atoms with Gasteiger partial charge < -0.3 is 10.6 Å². The Balaban J connectivity index is 1.51. The topological polar surface area (TPSA) is 133 Å². The van der Waals surface area contributed by atoms with Gasteiger partial charge in [-0.25, -0.2) is 9.67 Å². The number of aromatic nitrogens is 7. The fraction of sp³-hybridized carbons (Fsp3) is 0.292.